The first-order valence-corrected chi connectivity index (χ1v) is 8.79. The van der Waals surface area contributed by atoms with Gasteiger partial charge in [-0.1, -0.05) is 36.4 Å². The van der Waals surface area contributed by atoms with Gasteiger partial charge in [-0.05, 0) is 60.7 Å². The number of likely N-dealkylation sites (N-methyl/N-ethyl adjacent to an activating group) is 1. The molecule has 0 saturated heterocycles. The van der Waals surface area contributed by atoms with Gasteiger partial charge in [0.25, 0.3) is 0 Å². The average molecular weight is 367 g/mol. The first kappa shape index (κ1) is 20.4. The van der Waals surface area contributed by atoms with E-state index >= 15 is 0 Å². The third-order valence-electron chi connectivity index (χ3n) is 4.67. The summed E-state index contributed by atoms with van der Waals surface area (Å²) in [4.78, 5) is 21.5. The van der Waals surface area contributed by atoms with E-state index in [0.717, 1.165) is 6.54 Å². The highest BCUT2D eigenvalue weighted by Gasteiger charge is 2.20. The van der Waals surface area contributed by atoms with Gasteiger partial charge in [-0.15, -0.1) is 0 Å². The van der Waals surface area contributed by atoms with Gasteiger partial charge in [0.1, 0.15) is 0 Å². The van der Waals surface area contributed by atoms with Crippen molar-refractivity contribution >= 4 is 11.9 Å². The minimum Gasteiger partial charge on any atom is -0.478 e. The van der Waals surface area contributed by atoms with Crippen LogP contribution in [0.4, 0.5) is 0 Å². The molecule has 0 aromatic heterocycles. The molecule has 0 spiro atoms. The Hall–Kier alpha value is -2.92. The van der Waals surface area contributed by atoms with Crippen molar-refractivity contribution in [2.75, 3.05) is 13.6 Å². The second kappa shape index (κ2) is 9.14. The molecular formula is C22H25NO4. The summed E-state index contributed by atoms with van der Waals surface area (Å²) in [7, 11) is 2.22. The maximum Gasteiger partial charge on any atom is 0.328 e. The number of rotatable bonds is 3. The molecule has 1 aliphatic rings. The summed E-state index contributed by atoms with van der Waals surface area (Å²) in [6, 6.07) is 13.2. The number of benzene rings is 2. The van der Waals surface area contributed by atoms with Gasteiger partial charge in [0, 0.05) is 25.2 Å². The Morgan fingerprint density at radius 1 is 1.04 bits per heavy atom. The standard InChI is InChI=1S/C18H21N.C4H4O4/c1-13-11-16-9-10-19(3)12-17(16)18(14(13)2)15-7-5-4-6-8-15;5-3(6)1-2-4(7)8/h4-8,11H,9-10,12H2,1-3H3;1-2H,(H,5,6)(H,7,8). The second-order valence-corrected chi connectivity index (χ2v) is 6.69. The quantitative estimate of drug-likeness (QED) is 0.810. The van der Waals surface area contributed by atoms with Crippen LogP contribution in [0.2, 0.25) is 0 Å². The lowest BCUT2D eigenvalue weighted by atomic mass is 9.86. The molecule has 0 aliphatic carbocycles. The minimum atomic E-state index is -1.26. The van der Waals surface area contributed by atoms with Gasteiger partial charge in [-0.25, -0.2) is 9.59 Å². The minimum absolute atomic E-state index is 0.558. The number of nitrogens with zero attached hydrogens (tertiary/aromatic N) is 1. The van der Waals surface area contributed by atoms with Crippen molar-refractivity contribution in [3.05, 3.63) is 70.8 Å². The highest BCUT2D eigenvalue weighted by Crippen LogP contribution is 2.34. The lowest BCUT2D eigenvalue weighted by Crippen LogP contribution is -2.27. The van der Waals surface area contributed by atoms with Crippen LogP contribution in [0.15, 0.2) is 48.6 Å². The van der Waals surface area contributed by atoms with Crippen molar-refractivity contribution in [1.29, 1.82) is 0 Å². The zero-order chi connectivity index (χ0) is 20.0. The summed E-state index contributed by atoms with van der Waals surface area (Å²) < 4.78 is 0. The zero-order valence-corrected chi connectivity index (χ0v) is 15.9. The molecule has 0 amide bonds. The third-order valence-corrected chi connectivity index (χ3v) is 4.67. The Kier molecular flexibility index (Phi) is 6.91. The predicted octanol–water partition coefficient (Wildman–Crippen LogP) is 3.67. The lowest BCUT2D eigenvalue weighted by molar-refractivity contribution is -0.134. The summed E-state index contributed by atoms with van der Waals surface area (Å²) in [5.41, 5.74) is 8.74. The number of carboxylic acids is 2. The molecular weight excluding hydrogens is 342 g/mol. The van der Waals surface area contributed by atoms with Crippen molar-refractivity contribution in [1.82, 2.24) is 4.90 Å². The molecule has 27 heavy (non-hydrogen) atoms. The Bertz CT molecular complexity index is 840. The van der Waals surface area contributed by atoms with Crippen LogP contribution >= 0.6 is 0 Å². The Labute approximate surface area is 159 Å². The van der Waals surface area contributed by atoms with Crippen LogP contribution in [0.1, 0.15) is 22.3 Å². The smallest absolute Gasteiger partial charge is 0.328 e. The van der Waals surface area contributed by atoms with Gasteiger partial charge in [-0.2, -0.15) is 0 Å². The number of aryl methyl sites for hydroxylation is 1. The van der Waals surface area contributed by atoms with Crippen molar-refractivity contribution in [3.63, 3.8) is 0 Å². The van der Waals surface area contributed by atoms with Crippen LogP contribution < -0.4 is 0 Å². The summed E-state index contributed by atoms with van der Waals surface area (Å²) >= 11 is 0. The van der Waals surface area contributed by atoms with Crippen LogP contribution in [-0.2, 0) is 22.6 Å². The number of carbonyl (C=O) groups is 2. The number of hydrogen-bond acceptors (Lipinski definition) is 3. The predicted molar refractivity (Wildman–Crippen MR) is 106 cm³/mol. The van der Waals surface area contributed by atoms with Crippen LogP contribution in [0, 0.1) is 13.8 Å². The topological polar surface area (TPSA) is 77.8 Å². The molecule has 0 unspecified atom stereocenters. The highest BCUT2D eigenvalue weighted by atomic mass is 16.4. The summed E-state index contributed by atoms with van der Waals surface area (Å²) in [6.45, 7) is 6.73. The van der Waals surface area contributed by atoms with Gasteiger partial charge >= 0.3 is 11.9 Å². The number of aliphatic carboxylic acids is 2. The van der Waals surface area contributed by atoms with Crippen LogP contribution in [-0.4, -0.2) is 40.6 Å². The first-order chi connectivity index (χ1) is 12.8. The molecule has 1 aliphatic heterocycles. The zero-order valence-electron chi connectivity index (χ0n) is 15.9. The third kappa shape index (κ3) is 5.53. The second-order valence-electron chi connectivity index (χ2n) is 6.69. The molecule has 2 aromatic rings. The van der Waals surface area contributed by atoms with Crippen LogP contribution in [0.5, 0.6) is 0 Å². The monoisotopic (exact) mass is 367 g/mol. The highest BCUT2D eigenvalue weighted by molar-refractivity contribution is 5.89. The van der Waals surface area contributed by atoms with E-state index in [2.05, 4.69) is 62.2 Å². The summed E-state index contributed by atoms with van der Waals surface area (Å²) in [6.07, 6.45) is 2.29. The molecule has 142 valence electrons. The number of hydrogen-bond donors (Lipinski definition) is 2. The van der Waals surface area contributed by atoms with E-state index in [0.29, 0.717) is 12.2 Å². The molecule has 0 fully saturated rings. The largest absolute Gasteiger partial charge is 0.478 e. The van der Waals surface area contributed by atoms with E-state index in [4.69, 9.17) is 10.2 Å². The van der Waals surface area contributed by atoms with Crippen LogP contribution in [0.25, 0.3) is 11.1 Å². The maximum atomic E-state index is 9.55. The Balaban J connectivity index is 0.000000279. The SMILES string of the molecule is Cc1cc2c(c(-c3ccccc3)c1C)CN(C)CC2.O=C(O)C=CC(=O)O. The fourth-order valence-corrected chi connectivity index (χ4v) is 3.24. The fraction of sp³-hybridized carbons (Fsp3) is 0.273. The molecule has 3 rings (SSSR count). The molecule has 2 aromatic carbocycles. The van der Waals surface area contributed by atoms with Gasteiger partial charge in [-0.3, -0.25) is 0 Å². The normalized spacial score (nSPS) is 13.6. The van der Waals surface area contributed by atoms with Crippen molar-refractivity contribution in [2.45, 2.75) is 26.8 Å². The maximum absolute atomic E-state index is 9.55. The Morgan fingerprint density at radius 3 is 2.19 bits per heavy atom. The molecule has 5 nitrogen and oxygen atoms in total. The summed E-state index contributed by atoms with van der Waals surface area (Å²) in [5, 5.41) is 15.6. The molecule has 0 atom stereocenters. The summed E-state index contributed by atoms with van der Waals surface area (Å²) in [5.74, 6) is -2.51. The van der Waals surface area contributed by atoms with E-state index in [1.165, 1.54) is 40.8 Å². The van der Waals surface area contributed by atoms with Gasteiger partial charge in [0.05, 0.1) is 0 Å². The van der Waals surface area contributed by atoms with E-state index < -0.39 is 11.9 Å². The van der Waals surface area contributed by atoms with Crippen molar-refractivity contribution in [2.24, 2.45) is 0 Å². The van der Waals surface area contributed by atoms with Crippen LogP contribution in [0.3, 0.4) is 0 Å². The van der Waals surface area contributed by atoms with Gasteiger partial charge in [0.2, 0.25) is 0 Å². The molecule has 0 bridgehead atoms. The molecule has 0 radical (unpaired) electrons. The van der Waals surface area contributed by atoms with Gasteiger partial charge in [0.15, 0.2) is 0 Å². The number of fused-ring (bicyclic) bond motifs is 1. The van der Waals surface area contributed by atoms with E-state index in [9.17, 15) is 9.59 Å². The lowest BCUT2D eigenvalue weighted by Gasteiger charge is -2.29. The Morgan fingerprint density at radius 2 is 1.63 bits per heavy atom. The average Bonchev–Trinajstić information content (AvgIpc) is 2.63. The molecule has 1 heterocycles. The molecule has 2 N–H and O–H groups in total. The van der Waals surface area contributed by atoms with E-state index in [1.54, 1.807) is 5.56 Å². The van der Waals surface area contributed by atoms with Gasteiger partial charge < -0.3 is 15.1 Å². The molecule has 0 saturated carbocycles. The first-order valence-electron chi connectivity index (χ1n) is 8.79. The van der Waals surface area contributed by atoms with Crippen molar-refractivity contribution in [3.8, 4) is 11.1 Å². The van der Waals surface area contributed by atoms with E-state index in [-0.39, 0.29) is 0 Å². The van der Waals surface area contributed by atoms with E-state index in [1.807, 2.05) is 0 Å². The number of carboxylic acid groups (broad SMARTS) is 2. The van der Waals surface area contributed by atoms with Crippen molar-refractivity contribution < 1.29 is 19.8 Å². The fourth-order valence-electron chi connectivity index (χ4n) is 3.24. The molecule has 5 heteroatoms.